The summed E-state index contributed by atoms with van der Waals surface area (Å²) in [4.78, 5) is 19.3. The number of anilines is 2. The van der Waals surface area contributed by atoms with Crippen molar-refractivity contribution >= 4 is 27.3 Å². The number of nitrogens with zero attached hydrogens (tertiary/aromatic N) is 3. The number of amides is 1. The van der Waals surface area contributed by atoms with Crippen LogP contribution in [0, 0.1) is 6.92 Å². The molecule has 0 aliphatic rings. The third-order valence-electron chi connectivity index (χ3n) is 5.07. The molecule has 170 valence electrons. The van der Waals surface area contributed by atoms with Gasteiger partial charge in [-0.25, -0.2) is 13.4 Å². The van der Waals surface area contributed by atoms with Crippen LogP contribution in [0.15, 0.2) is 57.8 Å². The summed E-state index contributed by atoms with van der Waals surface area (Å²) in [5.74, 6) is 0.243. The van der Waals surface area contributed by atoms with Gasteiger partial charge in [0.25, 0.3) is 5.91 Å². The van der Waals surface area contributed by atoms with E-state index in [1.165, 1.54) is 10.4 Å². The zero-order chi connectivity index (χ0) is 23.5. The molecule has 0 bridgehead atoms. The molecule has 2 aromatic carbocycles. The largest absolute Gasteiger partial charge is 0.441 e. The molecule has 8 nitrogen and oxygen atoms in total. The van der Waals surface area contributed by atoms with E-state index in [2.05, 4.69) is 10.3 Å². The third kappa shape index (κ3) is 4.68. The molecule has 0 saturated heterocycles. The lowest BCUT2D eigenvalue weighted by Crippen LogP contribution is -2.30. The number of sulfonamides is 1. The fraction of sp³-hybridized carbons (Fsp3) is 0.304. The second-order valence-corrected chi connectivity index (χ2v) is 9.34. The van der Waals surface area contributed by atoms with Gasteiger partial charge in [0.2, 0.25) is 15.9 Å². The summed E-state index contributed by atoms with van der Waals surface area (Å²) in [6.07, 6.45) is 0. The molecule has 0 spiro atoms. The Morgan fingerprint density at radius 2 is 1.72 bits per heavy atom. The second-order valence-electron chi connectivity index (χ2n) is 7.41. The van der Waals surface area contributed by atoms with E-state index in [0.717, 1.165) is 5.56 Å². The van der Waals surface area contributed by atoms with Crippen LogP contribution in [-0.2, 0) is 10.0 Å². The van der Waals surface area contributed by atoms with Gasteiger partial charge in [0.15, 0.2) is 5.69 Å². The lowest BCUT2D eigenvalue weighted by atomic mass is 10.2. The number of oxazole rings is 1. The summed E-state index contributed by atoms with van der Waals surface area (Å²) in [5, 5.41) is 2.82. The van der Waals surface area contributed by atoms with E-state index in [-0.39, 0.29) is 10.6 Å². The van der Waals surface area contributed by atoms with Crippen LogP contribution in [0.5, 0.6) is 0 Å². The van der Waals surface area contributed by atoms with Crippen LogP contribution in [0.2, 0.25) is 0 Å². The third-order valence-corrected chi connectivity index (χ3v) is 7.12. The quantitative estimate of drug-likeness (QED) is 0.550. The van der Waals surface area contributed by atoms with Gasteiger partial charge in [-0.1, -0.05) is 32.0 Å². The molecule has 0 fully saturated rings. The van der Waals surface area contributed by atoms with Gasteiger partial charge in [0.1, 0.15) is 5.76 Å². The molecule has 1 aromatic heterocycles. The van der Waals surface area contributed by atoms with Crippen molar-refractivity contribution in [1.29, 1.82) is 0 Å². The Kier molecular flexibility index (Phi) is 7.00. The van der Waals surface area contributed by atoms with E-state index in [0.29, 0.717) is 36.1 Å². The number of carbonyl (C=O) groups excluding carboxylic acids is 1. The molecule has 0 saturated carbocycles. The predicted octanol–water partition coefficient (Wildman–Crippen LogP) is 4.00. The minimum atomic E-state index is -3.68. The van der Waals surface area contributed by atoms with Gasteiger partial charge >= 0.3 is 0 Å². The number of rotatable bonds is 8. The maximum atomic E-state index is 13.0. The van der Waals surface area contributed by atoms with Crippen LogP contribution in [0.1, 0.15) is 30.1 Å². The van der Waals surface area contributed by atoms with Crippen LogP contribution >= 0.6 is 0 Å². The van der Waals surface area contributed by atoms with Gasteiger partial charge < -0.3 is 14.6 Å². The van der Waals surface area contributed by atoms with Gasteiger partial charge in [-0.05, 0) is 37.3 Å². The summed E-state index contributed by atoms with van der Waals surface area (Å²) in [7, 11) is -0.0416. The summed E-state index contributed by atoms with van der Waals surface area (Å²) < 4.78 is 33.0. The Hall–Kier alpha value is -3.17. The summed E-state index contributed by atoms with van der Waals surface area (Å²) in [5.41, 5.74) is 1.94. The number of benzene rings is 2. The van der Waals surface area contributed by atoms with Gasteiger partial charge in [0.05, 0.1) is 16.3 Å². The van der Waals surface area contributed by atoms with E-state index >= 15 is 0 Å². The molecule has 3 rings (SSSR count). The zero-order valence-electron chi connectivity index (χ0n) is 18.9. The molecule has 0 aliphatic heterocycles. The number of nitrogens with one attached hydrogen (secondary N) is 1. The van der Waals surface area contributed by atoms with E-state index in [4.69, 9.17) is 4.42 Å². The first-order chi connectivity index (χ1) is 15.2. The highest BCUT2D eigenvalue weighted by Crippen LogP contribution is 2.30. The van der Waals surface area contributed by atoms with Gasteiger partial charge in [0, 0.05) is 32.7 Å². The summed E-state index contributed by atoms with van der Waals surface area (Å²) >= 11 is 0. The van der Waals surface area contributed by atoms with E-state index in [1.807, 2.05) is 44.4 Å². The SMILES string of the molecule is CCN(CC)S(=O)(=O)c1ccc(N(C)C)c(NC(=O)c2nc(-c3ccccc3)oc2C)c1. The lowest BCUT2D eigenvalue weighted by molar-refractivity contribution is 0.102. The first kappa shape index (κ1) is 23.5. The Balaban J connectivity index is 1.97. The highest BCUT2D eigenvalue weighted by atomic mass is 32.2. The van der Waals surface area contributed by atoms with Crippen molar-refractivity contribution in [2.24, 2.45) is 0 Å². The molecule has 1 heterocycles. The maximum Gasteiger partial charge on any atom is 0.277 e. The van der Waals surface area contributed by atoms with E-state index in [9.17, 15) is 13.2 Å². The van der Waals surface area contributed by atoms with Crippen molar-refractivity contribution < 1.29 is 17.6 Å². The van der Waals surface area contributed by atoms with Crippen LogP contribution in [0.3, 0.4) is 0 Å². The highest BCUT2D eigenvalue weighted by Gasteiger charge is 2.25. The van der Waals surface area contributed by atoms with Crippen molar-refractivity contribution in [1.82, 2.24) is 9.29 Å². The molecular weight excluding hydrogens is 428 g/mol. The lowest BCUT2D eigenvalue weighted by Gasteiger charge is -2.22. The van der Waals surface area contributed by atoms with Crippen LogP contribution in [0.25, 0.3) is 11.5 Å². The molecule has 0 atom stereocenters. The number of carbonyl (C=O) groups is 1. The first-order valence-corrected chi connectivity index (χ1v) is 11.8. The van der Waals surface area contributed by atoms with Crippen molar-refractivity contribution in [3.63, 3.8) is 0 Å². The van der Waals surface area contributed by atoms with Crippen molar-refractivity contribution in [2.45, 2.75) is 25.7 Å². The minimum Gasteiger partial charge on any atom is -0.441 e. The minimum absolute atomic E-state index is 0.115. The molecule has 1 N–H and O–H groups in total. The standard InChI is InChI=1S/C23H28N4O4S/c1-6-27(7-2)32(29,30)18-13-14-20(26(4)5)19(15-18)24-22(28)21-16(3)31-23(25-21)17-11-9-8-10-12-17/h8-15H,6-7H2,1-5H3,(H,24,28). The molecule has 32 heavy (non-hydrogen) atoms. The van der Waals surface area contributed by atoms with Crippen molar-refractivity contribution in [2.75, 3.05) is 37.4 Å². The Morgan fingerprint density at radius 3 is 2.31 bits per heavy atom. The van der Waals surface area contributed by atoms with E-state index in [1.54, 1.807) is 37.8 Å². The molecule has 0 radical (unpaired) electrons. The van der Waals surface area contributed by atoms with Gasteiger partial charge in [-0.15, -0.1) is 0 Å². The highest BCUT2D eigenvalue weighted by molar-refractivity contribution is 7.89. The Morgan fingerprint density at radius 1 is 1.06 bits per heavy atom. The van der Waals surface area contributed by atoms with Gasteiger partial charge in [-0.3, -0.25) is 4.79 Å². The van der Waals surface area contributed by atoms with Crippen LogP contribution < -0.4 is 10.2 Å². The van der Waals surface area contributed by atoms with Gasteiger partial charge in [-0.2, -0.15) is 4.31 Å². The average Bonchev–Trinajstić information content (AvgIpc) is 3.16. The first-order valence-electron chi connectivity index (χ1n) is 10.3. The monoisotopic (exact) mass is 456 g/mol. The number of aromatic nitrogens is 1. The zero-order valence-corrected chi connectivity index (χ0v) is 19.7. The van der Waals surface area contributed by atoms with Crippen LogP contribution in [0.4, 0.5) is 11.4 Å². The summed E-state index contributed by atoms with van der Waals surface area (Å²) in [6.45, 7) is 5.96. The normalized spacial score (nSPS) is 11.6. The van der Waals surface area contributed by atoms with E-state index < -0.39 is 15.9 Å². The summed E-state index contributed by atoms with van der Waals surface area (Å²) in [6, 6.07) is 14.0. The smallest absolute Gasteiger partial charge is 0.277 e. The van der Waals surface area contributed by atoms with Crippen molar-refractivity contribution in [3.05, 3.63) is 60.0 Å². The molecule has 0 aliphatic carbocycles. The topological polar surface area (TPSA) is 95.8 Å². The number of aryl methyl sites for hydroxylation is 1. The fourth-order valence-corrected chi connectivity index (χ4v) is 4.86. The molecule has 9 heteroatoms. The predicted molar refractivity (Wildman–Crippen MR) is 126 cm³/mol. The molecular formula is C23H28N4O4S. The number of hydrogen-bond acceptors (Lipinski definition) is 6. The van der Waals surface area contributed by atoms with Crippen LogP contribution in [-0.4, -0.2) is 50.8 Å². The van der Waals surface area contributed by atoms with Crippen molar-refractivity contribution in [3.8, 4) is 11.5 Å². The Labute approximate surface area is 188 Å². The average molecular weight is 457 g/mol. The fourth-order valence-electron chi connectivity index (χ4n) is 3.37. The molecule has 1 amide bonds. The maximum absolute atomic E-state index is 13.0. The number of hydrogen-bond donors (Lipinski definition) is 1. The second kappa shape index (κ2) is 9.54. The molecule has 3 aromatic rings. The Bertz CT molecular complexity index is 1200. The molecule has 0 unspecified atom stereocenters.